The monoisotopic (exact) mass is 432 g/mol. The van der Waals surface area contributed by atoms with Crippen molar-refractivity contribution in [2.24, 2.45) is 0 Å². The smallest absolute Gasteiger partial charge is 0.253 e. The Kier molecular flexibility index (Phi) is 6.36. The Morgan fingerprint density at radius 1 is 1.14 bits per heavy atom. The quantitative estimate of drug-likeness (QED) is 0.622. The lowest BCUT2D eigenvalue weighted by atomic mass is 10.1. The number of hydrogen-bond acceptors (Lipinski definition) is 4. The molecule has 0 radical (unpaired) electrons. The summed E-state index contributed by atoms with van der Waals surface area (Å²) in [5.41, 5.74) is 2.08. The summed E-state index contributed by atoms with van der Waals surface area (Å²) in [5.74, 6) is -0.441. The zero-order valence-corrected chi connectivity index (χ0v) is 17.6. The van der Waals surface area contributed by atoms with Crippen molar-refractivity contribution in [2.45, 2.75) is 18.0 Å². The van der Waals surface area contributed by atoms with E-state index in [0.29, 0.717) is 6.54 Å². The predicted octanol–water partition coefficient (Wildman–Crippen LogP) is 2.77. The Morgan fingerprint density at radius 2 is 1.90 bits per heavy atom. The molecule has 152 valence electrons. The van der Waals surface area contributed by atoms with Crippen molar-refractivity contribution in [2.75, 3.05) is 14.1 Å². The third kappa shape index (κ3) is 5.03. The lowest BCUT2D eigenvalue weighted by Gasteiger charge is -2.13. The van der Waals surface area contributed by atoms with Crippen LogP contribution < -0.4 is 5.32 Å². The van der Waals surface area contributed by atoms with Crippen molar-refractivity contribution < 1.29 is 13.2 Å². The van der Waals surface area contributed by atoms with Gasteiger partial charge in [0.1, 0.15) is 0 Å². The molecule has 0 bridgehead atoms. The van der Waals surface area contributed by atoms with Crippen LogP contribution in [0.2, 0.25) is 5.02 Å². The van der Waals surface area contributed by atoms with Crippen LogP contribution in [-0.2, 0) is 23.1 Å². The van der Waals surface area contributed by atoms with E-state index in [1.54, 1.807) is 6.20 Å². The van der Waals surface area contributed by atoms with Gasteiger partial charge in [0.05, 0.1) is 22.0 Å². The van der Waals surface area contributed by atoms with E-state index in [-0.39, 0.29) is 22.0 Å². The van der Waals surface area contributed by atoms with Gasteiger partial charge in [-0.15, -0.1) is 0 Å². The predicted molar refractivity (Wildman–Crippen MR) is 111 cm³/mol. The fraction of sp³-hybridized carbons (Fsp3) is 0.200. The molecule has 0 atom stereocenters. The Balaban J connectivity index is 1.73. The summed E-state index contributed by atoms with van der Waals surface area (Å²) in [4.78, 5) is 12.6. The second kappa shape index (κ2) is 8.77. The van der Waals surface area contributed by atoms with Crippen LogP contribution in [0.5, 0.6) is 0 Å². The normalized spacial score (nSPS) is 11.6. The number of rotatable bonds is 7. The Bertz CT molecular complexity index is 1110. The van der Waals surface area contributed by atoms with E-state index in [4.69, 9.17) is 11.6 Å². The number of nitrogens with one attached hydrogen (secondary N) is 1. The summed E-state index contributed by atoms with van der Waals surface area (Å²) in [6, 6.07) is 13.7. The molecule has 7 nitrogen and oxygen atoms in total. The van der Waals surface area contributed by atoms with Crippen molar-refractivity contribution in [3.05, 3.63) is 82.6 Å². The van der Waals surface area contributed by atoms with Crippen LogP contribution in [0.4, 0.5) is 0 Å². The van der Waals surface area contributed by atoms with Gasteiger partial charge in [-0.2, -0.15) is 5.10 Å². The summed E-state index contributed by atoms with van der Waals surface area (Å²) in [6.07, 6.45) is 3.60. The van der Waals surface area contributed by atoms with Crippen LogP contribution in [-0.4, -0.2) is 42.5 Å². The number of sulfonamides is 1. The third-order valence-corrected chi connectivity index (χ3v) is 6.45. The molecule has 3 rings (SSSR count). The van der Waals surface area contributed by atoms with Gasteiger partial charge in [0.25, 0.3) is 5.91 Å². The SMILES string of the molecule is CN(C)S(=O)(=O)c1ccc(Cl)c(C(=O)NCc2cccc(Cn3cccn3)c2)c1. The van der Waals surface area contributed by atoms with Gasteiger partial charge in [0.15, 0.2) is 0 Å². The molecule has 1 N–H and O–H groups in total. The molecule has 2 aromatic carbocycles. The fourth-order valence-electron chi connectivity index (χ4n) is 2.75. The average Bonchev–Trinajstić information content (AvgIpc) is 3.19. The summed E-state index contributed by atoms with van der Waals surface area (Å²) in [6.45, 7) is 0.915. The first-order valence-corrected chi connectivity index (χ1v) is 10.6. The number of carbonyl (C=O) groups is 1. The maximum atomic E-state index is 12.6. The van der Waals surface area contributed by atoms with Crippen LogP contribution in [0, 0.1) is 0 Å². The minimum absolute atomic E-state index is 0.0123. The summed E-state index contributed by atoms with van der Waals surface area (Å²) in [5, 5.41) is 7.17. The van der Waals surface area contributed by atoms with E-state index < -0.39 is 15.9 Å². The topological polar surface area (TPSA) is 84.3 Å². The molecule has 0 aliphatic carbocycles. The number of benzene rings is 2. The molecular formula is C20H21ClN4O3S. The summed E-state index contributed by atoms with van der Waals surface area (Å²) >= 11 is 6.13. The molecule has 3 aromatic rings. The van der Waals surface area contributed by atoms with Crippen molar-refractivity contribution in [1.29, 1.82) is 0 Å². The van der Waals surface area contributed by atoms with Gasteiger partial charge in [0.2, 0.25) is 10.0 Å². The van der Waals surface area contributed by atoms with E-state index in [1.807, 2.05) is 41.2 Å². The third-order valence-electron chi connectivity index (χ3n) is 4.31. The molecule has 0 saturated carbocycles. The molecule has 0 saturated heterocycles. The van der Waals surface area contributed by atoms with Gasteiger partial charge in [-0.05, 0) is 35.4 Å². The Labute approximate surface area is 175 Å². The van der Waals surface area contributed by atoms with Crippen LogP contribution >= 0.6 is 11.6 Å². The van der Waals surface area contributed by atoms with Crippen molar-refractivity contribution in [3.63, 3.8) is 0 Å². The maximum absolute atomic E-state index is 12.6. The van der Waals surface area contributed by atoms with E-state index in [9.17, 15) is 13.2 Å². The number of amides is 1. The minimum atomic E-state index is -3.66. The molecule has 0 aliphatic rings. The zero-order chi connectivity index (χ0) is 21.0. The lowest BCUT2D eigenvalue weighted by molar-refractivity contribution is 0.0951. The minimum Gasteiger partial charge on any atom is -0.348 e. The molecule has 1 amide bonds. The number of nitrogens with zero attached hydrogens (tertiary/aromatic N) is 3. The van der Waals surface area contributed by atoms with E-state index >= 15 is 0 Å². The van der Waals surface area contributed by atoms with Crippen LogP contribution in [0.25, 0.3) is 0 Å². The zero-order valence-electron chi connectivity index (χ0n) is 16.0. The average molecular weight is 433 g/mol. The van der Waals surface area contributed by atoms with Crippen molar-refractivity contribution in [3.8, 4) is 0 Å². The van der Waals surface area contributed by atoms with E-state index in [2.05, 4.69) is 10.4 Å². The van der Waals surface area contributed by atoms with Gasteiger partial charge in [-0.25, -0.2) is 12.7 Å². The second-order valence-corrected chi connectivity index (χ2v) is 9.19. The van der Waals surface area contributed by atoms with Gasteiger partial charge in [0, 0.05) is 33.0 Å². The molecule has 9 heteroatoms. The summed E-state index contributed by atoms with van der Waals surface area (Å²) in [7, 11) is -0.800. The standard InChI is InChI=1S/C20H21ClN4O3S/c1-24(2)29(27,28)17-7-8-19(21)18(12-17)20(26)22-13-15-5-3-6-16(11-15)14-25-10-4-9-23-25/h3-12H,13-14H2,1-2H3,(H,22,26). The van der Waals surface area contributed by atoms with Crippen LogP contribution in [0.15, 0.2) is 65.8 Å². The molecule has 0 spiro atoms. The second-order valence-electron chi connectivity index (χ2n) is 6.64. The molecule has 0 fully saturated rings. The number of aromatic nitrogens is 2. The van der Waals surface area contributed by atoms with Crippen LogP contribution in [0.1, 0.15) is 21.5 Å². The van der Waals surface area contributed by atoms with Crippen molar-refractivity contribution >= 4 is 27.5 Å². The molecule has 1 heterocycles. The highest BCUT2D eigenvalue weighted by molar-refractivity contribution is 7.89. The first-order chi connectivity index (χ1) is 13.8. The van der Waals surface area contributed by atoms with E-state index in [0.717, 1.165) is 15.4 Å². The van der Waals surface area contributed by atoms with E-state index in [1.165, 1.54) is 32.3 Å². The van der Waals surface area contributed by atoms with Gasteiger partial charge < -0.3 is 5.32 Å². The van der Waals surface area contributed by atoms with Gasteiger partial charge >= 0.3 is 0 Å². The molecule has 0 unspecified atom stereocenters. The molecule has 1 aromatic heterocycles. The highest BCUT2D eigenvalue weighted by atomic mass is 35.5. The van der Waals surface area contributed by atoms with Crippen LogP contribution in [0.3, 0.4) is 0 Å². The first kappa shape index (κ1) is 21.0. The highest BCUT2D eigenvalue weighted by Crippen LogP contribution is 2.22. The first-order valence-electron chi connectivity index (χ1n) is 8.83. The Hall–Kier alpha value is -2.68. The van der Waals surface area contributed by atoms with Crippen molar-refractivity contribution in [1.82, 2.24) is 19.4 Å². The molecule has 29 heavy (non-hydrogen) atoms. The highest BCUT2D eigenvalue weighted by Gasteiger charge is 2.20. The molecular weight excluding hydrogens is 412 g/mol. The largest absolute Gasteiger partial charge is 0.348 e. The van der Waals surface area contributed by atoms with Gasteiger partial charge in [-0.1, -0.05) is 35.9 Å². The maximum Gasteiger partial charge on any atom is 0.253 e. The van der Waals surface area contributed by atoms with Gasteiger partial charge in [-0.3, -0.25) is 9.48 Å². The number of halogens is 1. The Morgan fingerprint density at radius 3 is 2.59 bits per heavy atom. The lowest BCUT2D eigenvalue weighted by Crippen LogP contribution is -2.25. The number of carbonyl (C=O) groups excluding carboxylic acids is 1. The number of hydrogen-bond donors (Lipinski definition) is 1. The summed E-state index contributed by atoms with van der Waals surface area (Å²) < 4.78 is 27.5. The fourth-order valence-corrected chi connectivity index (χ4v) is 3.88. The molecule has 0 aliphatic heterocycles.